The van der Waals surface area contributed by atoms with Crippen molar-refractivity contribution in [1.82, 2.24) is 9.80 Å². The Kier molecular flexibility index (Phi) is 7.05. The second kappa shape index (κ2) is 9.20. The third-order valence-corrected chi connectivity index (χ3v) is 5.71. The number of aliphatic hydroxyl groups is 1. The maximum atomic E-state index is 13.2. The Balaban J connectivity index is 1.70. The van der Waals surface area contributed by atoms with Crippen molar-refractivity contribution in [2.45, 2.75) is 63.8 Å². The number of hydrogen-bond acceptors (Lipinski definition) is 5. The van der Waals surface area contributed by atoms with E-state index in [2.05, 4.69) is 5.32 Å². The fraction of sp³-hybridized carbons (Fsp3) is 0.619. The monoisotopic (exact) mass is 457 g/mol. The summed E-state index contributed by atoms with van der Waals surface area (Å²) in [7, 11) is 0. The van der Waals surface area contributed by atoms with Gasteiger partial charge in [-0.05, 0) is 58.2 Å². The highest BCUT2D eigenvalue weighted by Crippen LogP contribution is 2.27. The van der Waals surface area contributed by atoms with Crippen molar-refractivity contribution < 1.29 is 19.4 Å². The number of amides is 2. The highest BCUT2D eigenvalue weighted by molar-refractivity contribution is 6.35. The molecule has 2 saturated heterocycles. The van der Waals surface area contributed by atoms with Crippen LogP contribution in [0.15, 0.2) is 18.2 Å². The van der Waals surface area contributed by atoms with Gasteiger partial charge in [-0.15, -0.1) is 0 Å². The van der Waals surface area contributed by atoms with Crippen LogP contribution in [-0.2, 0) is 9.53 Å². The first-order valence-electron chi connectivity index (χ1n) is 10.2. The molecule has 2 heterocycles. The molecule has 0 spiro atoms. The van der Waals surface area contributed by atoms with Crippen LogP contribution >= 0.6 is 23.2 Å². The van der Waals surface area contributed by atoms with Crippen LogP contribution in [0.2, 0.25) is 10.0 Å². The van der Waals surface area contributed by atoms with Crippen molar-refractivity contribution in [2.75, 3.05) is 25.0 Å². The standard InChI is InChI=1S/C21H29Cl2N3O4/c1-21(2,3)30-20(29)25-8-6-18(27)17(12-25)26-7-4-5-16(19(26)28)24-15-10-13(22)9-14(23)11-15/h9-11,16-18,24,27H,4-8,12H2,1-3H3. The zero-order chi connectivity index (χ0) is 22.1. The predicted octanol–water partition coefficient (Wildman–Crippen LogP) is 3.77. The van der Waals surface area contributed by atoms with Crippen molar-refractivity contribution in [3.05, 3.63) is 28.2 Å². The van der Waals surface area contributed by atoms with Crippen LogP contribution in [0.3, 0.4) is 0 Å². The van der Waals surface area contributed by atoms with E-state index in [0.717, 1.165) is 6.42 Å². The second-order valence-electron chi connectivity index (χ2n) is 8.88. The van der Waals surface area contributed by atoms with E-state index in [-0.39, 0.29) is 12.5 Å². The number of piperidine rings is 2. The van der Waals surface area contributed by atoms with Gasteiger partial charge >= 0.3 is 6.09 Å². The Morgan fingerprint density at radius 2 is 1.83 bits per heavy atom. The first-order chi connectivity index (χ1) is 14.0. The van der Waals surface area contributed by atoms with Crippen LogP contribution in [0.1, 0.15) is 40.0 Å². The molecule has 2 amide bonds. The number of carbonyl (C=O) groups excluding carboxylic acids is 2. The first kappa shape index (κ1) is 23.0. The molecule has 3 rings (SSSR count). The number of anilines is 1. The van der Waals surface area contributed by atoms with Crippen LogP contribution in [0.4, 0.5) is 10.5 Å². The van der Waals surface area contributed by atoms with Crippen molar-refractivity contribution in [3.8, 4) is 0 Å². The number of carbonyl (C=O) groups is 2. The van der Waals surface area contributed by atoms with E-state index in [1.54, 1.807) is 28.0 Å². The van der Waals surface area contributed by atoms with Gasteiger partial charge in [0.15, 0.2) is 0 Å². The lowest BCUT2D eigenvalue weighted by molar-refractivity contribution is -0.142. The van der Waals surface area contributed by atoms with E-state index in [1.807, 2.05) is 20.8 Å². The molecule has 9 heteroatoms. The van der Waals surface area contributed by atoms with Crippen molar-refractivity contribution in [1.29, 1.82) is 0 Å². The number of rotatable bonds is 3. The molecular weight excluding hydrogens is 429 g/mol. The topological polar surface area (TPSA) is 82.1 Å². The molecule has 0 bridgehead atoms. The highest BCUT2D eigenvalue weighted by atomic mass is 35.5. The SMILES string of the molecule is CC(C)(C)OC(=O)N1CCC(O)C(N2CCCC(Nc3cc(Cl)cc(Cl)c3)C2=O)C1. The summed E-state index contributed by atoms with van der Waals surface area (Å²) in [5.74, 6) is -0.104. The summed E-state index contributed by atoms with van der Waals surface area (Å²) in [6.45, 7) is 6.63. The Morgan fingerprint density at radius 3 is 2.47 bits per heavy atom. The van der Waals surface area contributed by atoms with Gasteiger partial charge in [0.1, 0.15) is 11.6 Å². The molecule has 1 aromatic rings. The Morgan fingerprint density at radius 1 is 1.17 bits per heavy atom. The highest BCUT2D eigenvalue weighted by Gasteiger charge is 2.41. The third kappa shape index (κ3) is 5.71. The number of nitrogens with one attached hydrogen (secondary N) is 1. The lowest BCUT2D eigenvalue weighted by Gasteiger charge is -2.45. The summed E-state index contributed by atoms with van der Waals surface area (Å²) in [5, 5.41) is 14.8. The second-order valence-corrected chi connectivity index (χ2v) is 9.75. The average molecular weight is 458 g/mol. The van der Waals surface area contributed by atoms with E-state index < -0.39 is 29.9 Å². The average Bonchev–Trinajstić information content (AvgIpc) is 2.62. The number of hydrogen-bond donors (Lipinski definition) is 2. The molecular formula is C21H29Cl2N3O4. The first-order valence-corrected chi connectivity index (χ1v) is 11.0. The van der Waals surface area contributed by atoms with E-state index in [9.17, 15) is 14.7 Å². The van der Waals surface area contributed by atoms with E-state index in [0.29, 0.717) is 41.7 Å². The Hall–Kier alpha value is -1.70. The maximum absolute atomic E-state index is 13.2. The van der Waals surface area contributed by atoms with Gasteiger partial charge in [-0.3, -0.25) is 4.79 Å². The van der Waals surface area contributed by atoms with Gasteiger partial charge in [0.2, 0.25) is 5.91 Å². The molecule has 0 saturated carbocycles. The van der Waals surface area contributed by atoms with Crippen LogP contribution in [0.25, 0.3) is 0 Å². The van der Waals surface area contributed by atoms with Gasteiger partial charge < -0.3 is 25.0 Å². The van der Waals surface area contributed by atoms with Crippen LogP contribution in [-0.4, -0.2) is 70.3 Å². The lowest BCUT2D eigenvalue weighted by Crippen LogP contribution is -2.62. The molecule has 3 unspecified atom stereocenters. The van der Waals surface area contributed by atoms with Gasteiger partial charge in [-0.25, -0.2) is 4.79 Å². The van der Waals surface area contributed by atoms with Gasteiger partial charge in [0, 0.05) is 35.4 Å². The van der Waals surface area contributed by atoms with Crippen LogP contribution in [0, 0.1) is 0 Å². The number of halogens is 2. The summed E-state index contributed by atoms with van der Waals surface area (Å²) in [5.41, 5.74) is 0.0730. The van der Waals surface area contributed by atoms with Crippen LogP contribution < -0.4 is 5.32 Å². The molecule has 0 aromatic heterocycles. The number of ether oxygens (including phenoxy) is 1. The minimum absolute atomic E-state index is 0.104. The smallest absolute Gasteiger partial charge is 0.410 e. The quantitative estimate of drug-likeness (QED) is 0.721. The van der Waals surface area contributed by atoms with Gasteiger partial charge in [-0.2, -0.15) is 0 Å². The number of likely N-dealkylation sites (tertiary alicyclic amines) is 2. The molecule has 3 atom stereocenters. The molecule has 7 nitrogen and oxygen atoms in total. The van der Waals surface area contributed by atoms with Crippen molar-refractivity contribution >= 4 is 40.9 Å². The van der Waals surface area contributed by atoms with E-state index in [1.165, 1.54) is 0 Å². The molecule has 2 aliphatic rings. The summed E-state index contributed by atoms with van der Waals surface area (Å²) in [6, 6.07) is 4.16. The lowest BCUT2D eigenvalue weighted by atomic mass is 9.96. The zero-order valence-electron chi connectivity index (χ0n) is 17.5. The molecule has 0 aliphatic carbocycles. The fourth-order valence-corrected chi connectivity index (χ4v) is 4.44. The summed E-state index contributed by atoms with van der Waals surface area (Å²) < 4.78 is 5.46. The minimum atomic E-state index is -0.688. The predicted molar refractivity (Wildman–Crippen MR) is 117 cm³/mol. The third-order valence-electron chi connectivity index (χ3n) is 5.27. The molecule has 30 heavy (non-hydrogen) atoms. The van der Waals surface area contributed by atoms with Crippen molar-refractivity contribution in [3.63, 3.8) is 0 Å². The summed E-state index contributed by atoms with van der Waals surface area (Å²) in [6.07, 6.45) is 0.736. The molecule has 1 aromatic carbocycles. The maximum Gasteiger partial charge on any atom is 0.410 e. The Bertz CT molecular complexity index is 779. The minimum Gasteiger partial charge on any atom is -0.444 e. The number of aliphatic hydroxyl groups excluding tert-OH is 1. The molecule has 2 N–H and O–H groups in total. The molecule has 0 radical (unpaired) electrons. The molecule has 2 fully saturated rings. The zero-order valence-corrected chi connectivity index (χ0v) is 19.0. The van der Waals surface area contributed by atoms with E-state index >= 15 is 0 Å². The van der Waals surface area contributed by atoms with Gasteiger partial charge in [-0.1, -0.05) is 23.2 Å². The van der Waals surface area contributed by atoms with E-state index in [4.69, 9.17) is 27.9 Å². The van der Waals surface area contributed by atoms with Crippen LogP contribution in [0.5, 0.6) is 0 Å². The molecule has 2 aliphatic heterocycles. The normalized spacial score (nSPS) is 25.3. The van der Waals surface area contributed by atoms with Crippen molar-refractivity contribution in [2.24, 2.45) is 0 Å². The largest absolute Gasteiger partial charge is 0.444 e. The van der Waals surface area contributed by atoms with Gasteiger partial charge in [0.25, 0.3) is 0 Å². The summed E-state index contributed by atoms with van der Waals surface area (Å²) in [4.78, 5) is 28.9. The molecule has 166 valence electrons. The number of nitrogens with zero attached hydrogens (tertiary/aromatic N) is 2. The summed E-state index contributed by atoms with van der Waals surface area (Å²) >= 11 is 12.1. The number of benzene rings is 1. The Labute approximate surface area is 187 Å². The fourth-order valence-electron chi connectivity index (χ4n) is 3.92. The van der Waals surface area contributed by atoms with Gasteiger partial charge in [0.05, 0.1) is 12.1 Å².